The number of nitrogens with zero attached hydrogens (tertiary/aromatic N) is 1. The summed E-state index contributed by atoms with van der Waals surface area (Å²) in [4.78, 5) is 40.5. The summed E-state index contributed by atoms with van der Waals surface area (Å²) in [5, 5.41) is 2.90. The normalized spacial score (nSPS) is 15.4. The molecular weight excluding hydrogens is 500 g/mol. The molecule has 4 rings (SSSR count). The fourth-order valence-electron chi connectivity index (χ4n) is 2.92. The average molecular weight is 514 g/mol. The van der Waals surface area contributed by atoms with Gasteiger partial charge >= 0.3 is 6.03 Å². The van der Waals surface area contributed by atoms with Crippen molar-refractivity contribution in [2.75, 3.05) is 4.90 Å². The van der Waals surface area contributed by atoms with Gasteiger partial charge in [0.2, 0.25) is 0 Å². The maximum absolute atomic E-state index is 12.9. The molecule has 1 N–H and O–H groups in total. The van der Waals surface area contributed by atoms with E-state index in [9.17, 15) is 14.4 Å². The third-order valence-corrected chi connectivity index (χ3v) is 6.22. The van der Waals surface area contributed by atoms with Crippen LogP contribution in [0.2, 0.25) is 5.02 Å². The second-order valence-corrected chi connectivity index (χ2v) is 9.06. The number of urea groups is 1. The minimum absolute atomic E-state index is 0.111. The van der Waals surface area contributed by atoms with Gasteiger partial charge in [0.15, 0.2) is 0 Å². The van der Waals surface area contributed by atoms with Gasteiger partial charge in [-0.05, 0) is 72.3 Å². The Morgan fingerprint density at radius 2 is 1.42 bits per heavy atom. The van der Waals surface area contributed by atoms with Gasteiger partial charge in [-0.1, -0.05) is 51.4 Å². The number of hydrogen-bond donors (Lipinski definition) is 1. The van der Waals surface area contributed by atoms with Gasteiger partial charge in [-0.15, -0.1) is 0 Å². The summed E-state index contributed by atoms with van der Waals surface area (Å²) in [7, 11) is 0. The maximum atomic E-state index is 12.9. The standard InChI is InChI=1S/C23H14BrClN2O3S/c24-15-3-7-17(8-4-15)27-22(29)20(21(28)26-23(27)30)13-14-1-9-18(10-2-14)31-19-11-5-16(25)6-12-19/h1-13H,(H,26,28,30)/b20-13+. The number of halogens is 2. The highest BCUT2D eigenvalue weighted by Gasteiger charge is 2.36. The molecule has 1 saturated heterocycles. The number of benzene rings is 3. The van der Waals surface area contributed by atoms with Gasteiger partial charge < -0.3 is 0 Å². The fourth-order valence-corrected chi connectivity index (χ4v) is 4.13. The lowest BCUT2D eigenvalue weighted by molar-refractivity contribution is -0.122. The van der Waals surface area contributed by atoms with E-state index in [-0.39, 0.29) is 5.57 Å². The lowest BCUT2D eigenvalue weighted by Crippen LogP contribution is -2.54. The second-order valence-electron chi connectivity index (χ2n) is 6.56. The largest absolute Gasteiger partial charge is 0.335 e. The first kappa shape index (κ1) is 21.4. The summed E-state index contributed by atoms with van der Waals surface area (Å²) in [6, 6.07) is 20.8. The number of amides is 4. The topological polar surface area (TPSA) is 66.5 Å². The monoisotopic (exact) mass is 512 g/mol. The molecule has 1 fully saturated rings. The summed E-state index contributed by atoms with van der Waals surface area (Å²) < 4.78 is 0.810. The first-order valence-corrected chi connectivity index (χ1v) is 11.1. The molecule has 0 bridgehead atoms. The molecule has 0 aromatic heterocycles. The Morgan fingerprint density at radius 1 is 0.839 bits per heavy atom. The van der Waals surface area contributed by atoms with Crippen LogP contribution in [0.5, 0.6) is 0 Å². The zero-order chi connectivity index (χ0) is 22.0. The summed E-state index contributed by atoms with van der Waals surface area (Å²) in [6.45, 7) is 0. The average Bonchev–Trinajstić information content (AvgIpc) is 2.75. The van der Waals surface area contributed by atoms with Gasteiger partial charge in [0.25, 0.3) is 11.8 Å². The Labute approximate surface area is 196 Å². The Morgan fingerprint density at radius 3 is 2.03 bits per heavy atom. The predicted octanol–water partition coefficient (Wildman–Crippen LogP) is 5.92. The van der Waals surface area contributed by atoms with Crippen LogP contribution >= 0.6 is 39.3 Å². The second kappa shape index (κ2) is 9.09. The van der Waals surface area contributed by atoms with Gasteiger partial charge in [-0.3, -0.25) is 14.9 Å². The highest BCUT2D eigenvalue weighted by atomic mass is 79.9. The van der Waals surface area contributed by atoms with Crippen LogP contribution in [0.4, 0.5) is 10.5 Å². The number of imide groups is 2. The molecule has 1 aliphatic heterocycles. The highest BCUT2D eigenvalue weighted by Crippen LogP contribution is 2.29. The lowest BCUT2D eigenvalue weighted by Gasteiger charge is -2.26. The number of rotatable bonds is 4. The van der Waals surface area contributed by atoms with E-state index < -0.39 is 17.8 Å². The van der Waals surface area contributed by atoms with Crippen LogP contribution in [0.15, 0.2) is 92.6 Å². The molecule has 4 amide bonds. The van der Waals surface area contributed by atoms with E-state index in [1.54, 1.807) is 36.0 Å². The quantitative estimate of drug-likeness (QED) is 0.347. The molecule has 154 valence electrons. The molecule has 3 aromatic carbocycles. The third kappa shape index (κ3) is 4.90. The molecule has 1 heterocycles. The van der Waals surface area contributed by atoms with E-state index >= 15 is 0 Å². The van der Waals surface area contributed by atoms with Gasteiger partial charge in [-0.2, -0.15) is 0 Å². The zero-order valence-corrected chi connectivity index (χ0v) is 19.0. The molecule has 3 aromatic rings. The summed E-state index contributed by atoms with van der Waals surface area (Å²) in [6.07, 6.45) is 1.48. The molecular formula is C23H14BrClN2O3S. The van der Waals surface area contributed by atoms with Gasteiger partial charge in [-0.25, -0.2) is 9.69 Å². The van der Waals surface area contributed by atoms with Crippen molar-refractivity contribution in [1.29, 1.82) is 0 Å². The number of nitrogens with one attached hydrogen (secondary N) is 1. The molecule has 0 radical (unpaired) electrons. The Hall–Kier alpha value is -2.87. The predicted molar refractivity (Wildman–Crippen MR) is 125 cm³/mol. The van der Waals surface area contributed by atoms with Crippen LogP contribution in [0.25, 0.3) is 6.08 Å². The fraction of sp³-hybridized carbons (Fsp3) is 0. The maximum Gasteiger partial charge on any atom is 0.335 e. The SMILES string of the molecule is O=C1NC(=O)N(c2ccc(Br)cc2)C(=O)/C1=C/c1ccc(Sc2ccc(Cl)cc2)cc1. The number of hydrogen-bond acceptors (Lipinski definition) is 4. The van der Waals surface area contributed by atoms with Crippen molar-refractivity contribution in [2.45, 2.75) is 9.79 Å². The number of barbiturate groups is 1. The van der Waals surface area contributed by atoms with E-state index in [1.807, 2.05) is 48.5 Å². The van der Waals surface area contributed by atoms with Crippen LogP contribution in [0, 0.1) is 0 Å². The highest BCUT2D eigenvalue weighted by molar-refractivity contribution is 9.10. The molecule has 31 heavy (non-hydrogen) atoms. The van der Waals surface area contributed by atoms with Crippen molar-refractivity contribution in [2.24, 2.45) is 0 Å². The van der Waals surface area contributed by atoms with Gasteiger partial charge in [0.1, 0.15) is 5.57 Å². The molecule has 0 unspecified atom stereocenters. The van der Waals surface area contributed by atoms with E-state index in [2.05, 4.69) is 21.2 Å². The van der Waals surface area contributed by atoms with Crippen LogP contribution < -0.4 is 10.2 Å². The molecule has 0 atom stereocenters. The lowest BCUT2D eigenvalue weighted by atomic mass is 10.1. The van der Waals surface area contributed by atoms with Crippen LogP contribution in [0.3, 0.4) is 0 Å². The van der Waals surface area contributed by atoms with Crippen LogP contribution in [0.1, 0.15) is 5.56 Å². The van der Waals surface area contributed by atoms with E-state index in [0.717, 1.165) is 19.2 Å². The van der Waals surface area contributed by atoms with Crippen molar-refractivity contribution in [1.82, 2.24) is 5.32 Å². The van der Waals surface area contributed by atoms with Crippen molar-refractivity contribution in [3.05, 3.63) is 93.4 Å². The van der Waals surface area contributed by atoms with E-state index in [1.165, 1.54) is 6.08 Å². The summed E-state index contributed by atoms with van der Waals surface area (Å²) in [5.74, 6) is -1.39. The number of carbonyl (C=O) groups excluding carboxylic acids is 3. The minimum atomic E-state index is -0.774. The number of anilines is 1. The minimum Gasteiger partial charge on any atom is -0.273 e. The van der Waals surface area contributed by atoms with Crippen molar-refractivity contribution < 1.29 is 14.4 Å². The van der Waals surface area contributed by atoms with E-state index in [4.69, 9.17) is 11.6 Å². The van der Waals surface area contributed by atoms with Gasteiger partial charge in [0, 0.05) is 19.3 Å². The summed E-state index contributed by atoms with van der Waals surface area (Å²) in [5.41, 5.74) is 0.934. The molecule has 5 nitrogen and oxygen atoms in total. The zero-order valence-electron chi connectivity index (χ0n) is 15.8. The van der Waals surface area contributed by atoms with Crippen molar-refractivity contribution >= 4 is 68.9 Å². The summed E-state index contributed by atoms with van der Waals surface area (Å²) >= 11 is 10.8. The third-order valence-electron chi connectivity index (χ3n) is 4.43. The molecule has 0 aliphatic carbocycles. The molecule has 0 saturated carbocycles. The van der Waals surface area contributed by atoms with Crippen LogP contribution in [-0.2, 0) is 9.59 Å². The Balaban J connectivity index is 1.57. The molecule has 0 spiro atoms. The van der Waals surface area contributed by atoms with Crippen LogP contribution in [-0.4, -0.2) is 17.8 Å². The first-order valence-electron chi connectivity index (χ1n) is 9.11. The first-order chi connectivity index (χ1) is 14.9. The van der Waals surface area contributed by atoms with Crippen molar-refractivity contribution in [3.8, 4) is 0 Å². The Bertz CT molecular complexity index is 1190. The Kier molecular flexibility index (Phi) is 6.27. The van der Waals surface area contributed by atoms with E-state index in [0.29, 0.717) is 16.3 Å². The van der Waals surface area contributed by atoms with Crippen molar-refractivity contribution in [3.63, 3.8) is 0 Å². The molecule has 8 heteroatoms. The smallest absolute Gasteiger partial charge is 0.273 e. The number of carbonyl (C=O) groups is 3. The molecule has 1 aliphatic rings. The van der Waals surface area contributed by atoms with Gasteiger partial charge in [0.05, 0.1) is 5.69 Å².